The SMILES string of the molecule is O=C(c1ccc(Br)cc1)[C@H]1N=NC[C@H]1c1ccccc1. The van der Waals surface area contributed by atoms with Gasteiger partial charge in [-0.15, -0.1) is 0 Å². The molecule has 20 heavy (non-hydrogen) atoms. The number of nitrogens with zero attached hydrogens (tertiary/aromatic N) is 2. The Kier molecular flexibility index (Phi) is 3.74. The fourth-order valence-electron chi connectivity index (χ4n) is 2.41. The zero-order valence-electron chi connectivity index (χ0n) is 10.7. The van der Waals surface area contributed by atoms with Gasteiger partial charge >= 0.3 is 0 Å². The highest BCUT2D eigenvalue weighted by atomic mass is 79.9. The van der Waals surface area contributed by atoms with Gasteiger partial charge in [0.1, 0.15) is 6.04 Å². The molecule has 0 spiro atoms. The zero-order chi connectivity index (χ0) is 13.9. The second-order valence-corrected chi connectivity index (χ2v) is 5.69. The highest BCUT2D eigenvalue weighted by Crippen LogP contribution is 2.30. The number of benzene rings is 2. The highest BCUT2D eigenvalue weighted by Gasteiger charge is 2.33. The summed E-state index contributed by atoms with van der Waals surface area (Å²) in [5, 5.41) is 8.24. The molecule has 0 bridgehead atoms. The number of hydrogen-bond acceptors (Lipinski definition) is 3. The standard InChI is InChI=1S/C16H13BrN2O/c17-13-8-6-12(7-9-13)16(20)15-14(10-18-19-15)11-4-2-1-3-5-11/h1-9,14-15H,10H2/t14-,15-/m0/s1. The Morgan fingerprint density at radius 3 is 2.45 bits per heavy atom. The van der Waals surface area contributed by atoms with Crippen LogP contribution < -0.4 is 0 Å². The van der Waals surface area contributed by atoms with Gasteiger partial charge in [-0.05, 0) is 17.7 Å². The van der Waals surface area contributed by atoms with Gasteiger partial charge in [-0.25, -0.2) is 0 Å². The summed E-state index contributed by atoms with van der Waals surface area (Å²) < 4.78 is 0.960. The topological polar surface area (TPSA) is 41.8 Å². The van der Waals surface area contributed by atoms with Crippen LogP contribution in [0.5, 0.6) is 0 Å². The van der Waals surface area contributed by atoms with Gasteiger partial charge in [-0.2, -0.15) is 10.2 Å². The van der Waals surface area contributed by atoms with Crippen LogP contribution in [0.15, 0.2) is 69.3 Å². The van der Waals surface area contributed by atoms with E-state index in [0.717, 1.165) is 10.0 Å². The van der Waals surface area contributed by atoms with Crippen LogP contribution in [0, 0.1) is 0 Å². The predicted octanol–water partition coefficient (Wildman–Crippen LogP) is 4.25. The Morgan fingerprint density at radius 2 is 1.75 bits per heavy atom. The van der Waals surface area contributed by atoms with Gasteiger partial charge in [-0.1, -0.05) is 58.4 Å². The van der Waals surface area contributed by atoms with Crippen LogP contribution in [0.1, 0.15) is 21.8 Å². The summed E-state index contributed by atoms with van der Waals surface area (Å²) in [4.78, 5) is 12.6. The predicted molar refractivity (Wildman–Crippen MR) is 81.2 cm³/mol. The lowest BCUT2D eigenvalue weighted by molar-refractivity contribution is 0.0956. The monoisotopic (exact) mass is 328 g/mol. The Hall–Kier alpha value is -1.81. The molecule has 0 unspecified atom stereocenters. The Bertz CT molecular complexity index is 637. The molecule has 2 aromatic rings. The Morgan fingerprint density at radius 1 is 1.05 bits per heavy atom. The minimum Gasteiger partial charge on any atom is -0.292 e. The second-order valence-electron chi connectivity index (χ2n) is 4.77. The third-order valence-electron chi connectivity index (χ3n) is 3.49. The van der Waals surface area contributed by atoms with Crippen LogP contribution in [0.3, 0.4) is 0 Å². The lowest BCUT2D eigenvalue weighted by Crippen LogP contribution is -2.24. The fraction of sp³-hybridized carbons (Fsp3) is 0.188. The van der Waals surface area contributed by atoms with Crippen molar-refractivity contribution in [2.45, 2.75) is 12.0 Å². The van der Waals surface area contributed by atoms with Gasteiger partial charge < -0.3 is 0 Å². The molecule has 2 atom stereocenters. The van der Waals surface area contributed by atoms with E-state index < -0.39 is 6.04 Å². The summed E-state index contributed by atoms with van der Waals surface area (Å²) in [6, 6.07) is 17.0. The summed E-state index contributed by atoms with van der Waals surface area (Å²) >= 11 is 3.37. The number of carbonyl (C=O) groups excluding carboxylic acids is 1. The second kappa shape index (κ2) is 5.67. The van der Waals surface area contributed by atoms with Crippen molar-refractivity contribution in [3.05, 3.63) is 70.2 Å². The third kappa shape index (κ3) is 2.56. The van der Waals surface area contributed by atoms with E-state index in [1.165, 1.54) is 0 Å². The number of hydrogen-bond donors (Lipinski definition) is 0. The molecule has 2 aromatic carbocycles. The van der Waals surface area contributed by atoms with E-state index >= 15 is 0 Å². The minimum absolute atomic E-state index is 0.0348. The first-order chi connectivity index (χ1) is 9.75. The van der Waals surface area contributed by atoms with Gasteiger partial charge in [0.2, 0.25) is 0 Å². The maximum Gasteiger partial charge on any atom is 0.189 e. The van der Waals surface area contributed by atoms with Crippen LogP contribution in [0.2, 0.25) is 0 Å². The number of halogens is 1. The van der Waals surface area contributed by atoms with E-state index in [9.17, 15) is 4.79 Å². The van der Waals surface area contributed by atoms with Gasteiger partial charge in [-0.3, -0.25) is 4.79 Å². The maximum absolute atomic E-state index is 12.6. The van der Waals surface area contributed by atoms with E-state index in [-0.39, 0.29) is 11.7 Å². The van der Waals surface area contributed by atoms with Gasteiger partial charge in [0.25, 0.3) is 0 Å². The number of carbonyl (C=O) groups is 1. The van der Waals surface area contributed by atoms with Crippen molar-refractivity contribution in [1.82, 2.24) is 0 Å². The van der Waals surface area contributed by atoms with Crippen molar-refractivity contribution in [3.63, 3.8) is 0 Å². The van der Waals surface area contributed by atoms with E-state index in [1.807, 2.05) is 54.6 Å². The van der Waals surface area contributed by atoms with Gasteiger partial charge in [0.15, 0.2) is 5.78 Å². The average molecular weight is 329 g/mol. The Balaban J connectivity index is 1.87. The summed E-state index contributed by atoms with van der Waals surface area (Å²) in [5.41, 5.74) is 1.80. The average Bonchev–Trinajstić information content (AvgIpc) is 2.97. The molecule has 0 radical (unpaired) electrons. The number of ketones is 1. The molecule has 1 heterocycles. The summed E-state index contributed by atoms with van der Waals surface area (Å²) in [6.45, 7) is 0.580. The van der Waals surface area contributed by atoms with Crippen molar-refractivity contribution in [3.8, 4) is 0 Å². The lowest BCUT2D eigenvalue weighted by Gasteiger charge is -2.15. The molecule has 4 heteroatoms. The molecule has 1 aliphatic heterocycles. The molecular weight excluding hydrogens is 316 g/mol. The summed E-state index contributed by atoms with van der Waals surface area (Å²) in [5.74, 6) is 0.0833. The molecule has 0 N–H and O–H groups in total. The molecule has 1 aliphatic rings. The molecule has 3 nitrogen and oxygen atoms in total. The van der Waals surface area contributed by atoms with Crippen LogP contribution >= 0.6 is 15.9 Å². The summed E-state index contributed by atoms with van der Waals surface area (Å²) in [6.07, 6.45) is 0. The molecule has 0 fully saturated rings. The molecule has 3 rings (SSSR count). The first-order valence-electron chi connectivity index (χ1n) is 6.47. The van der Waals surface area contributed by atoms with Gasteiger partial charge in [0.05, 0.1) is 6.54 Å². The molecule has 0 saturated carbocycles. The highest BCUT2D eigenvalue weighted by molar-refractivity contribution is 9.10. The fourth-order valence-corrected chi connectivity index (χ4v) is 2.68. The molecular formula is C16H13BrN2O. The number of azo groups is 1. The number of rotatable bonds is 3. The van der Waals surface area contributed by atoms with Crippen molar-refractivity contribution in [2.24, 2.45) is 10.2 Å². The zero-order valence-corrected chi connectivity index (χ0v) is 12.3. The molecule has 100 valence electrons. The normalized spacial score (nSPS) is 21.1. The van der Waals surface area contributed by atoms with E-state index in [4.69, 9.17) is 0 Å². The molecule has 0 aromatic heterocycles. The van der Waals surface area contributed by atoms with E-state index in [2.05, 4.69) is 26.2 Å². The first kappa shape index (κ1) is 13.2. The maximum atomic E-state index is 12.6. The molecule has 0 amide bonds. The van der Waals surface area contributed by atoms with Crippen LogP contribution in [0.25, 0.3) is 0 Å². The lowest BCUT2D eigenvalue weighted by atomic mass is 9.88. The first-order valence-corrected chi connectivity index (χ1v) is 7.26. The van der Waals surface area contributed by atoms with Crippen molar-refractivity contribution in [2.75, 3.05) is 6.54 Å². The van der Waals surface area contributed by atoms with E-state index in [0.29, 0.717) is 12.1 Å². The van der Waals surface area contributed by atoms with Crippen LogP contribution in [-0.4, -0.2) is 18.4 Å². The van der Waals surface area contributed by atoms with Crippen LogP contribution in [0.4, 0.5) is 0 Å². The van der Waals surface area contributed by atoms with Crippen LogP contribution in [-0.2, 0) is 0 Å². The smallest absolute Gasteiger partial charge is 0.189 e. The minimum atomic E-state index is -0.404. The molecule has 0 saturated heterocycles. The summed E-state index contributed by atoms with van der Waals surface area (Å²) in [7, 11) is 0. The Labute approximate surface area is 125 Å². The van der Waals surface area contributed by atoms with Crippen molar-refractivity contribution >= 4 is 21.7 Å². The molecule has 0 aliphatic carbocycles. The van der Waals surface area contributed by atoms with E-state index in [1.54, 1.807) is 0 Å². The quantitative estimate of drug-likeness (QED) is 0.776. The third-order valence-corrected chi connectivity index (χ3v) is 4.02. The largest absolute Gasteiger partial charge is 0.292 e. The van der Waals surface area contributed by atoms with Gasteiger partial charge in [0, 0.05) is 16.0 Å². The van der Waals surface area contributed by atoms with Crippen molar-refractivity contribution in [1.29, 1.82) is 0 Å². The number of Topliss-reactive ketones (excluding diaryl/α,β-unsaturated/α-hetero) is 1. The van der Waals surface area contributed by atoms with Crippen molar-refractivity contribution < 1.29 is 4.79 Å².